The Morgan fingerprint density at radius 1 is 1.11 bits per heavy atom. The Kier molecular flexibility index (Phi) is 9.37. The minimum Gasteiger partial charge on any atom is -0.494 e. The van der Waals surface area contributed by atoms with Crippen molar-refractivity contribution in [3.63, 3.8) is 0 Å². The first-order valence-corrected chi connectivity index (χ1v) is 14.3. The summed E-state index contributed by atoms with van der Waals surface area (Å²) in [7, 11) is -3.77. The van der Waals surface area contributed by atoms with Crippen molar-refractivity contribution in [2.24, 2.45) is 0 Å². The van der Waals surface area contributed by atoms with Crippen LogP contribution in [0.5, 0.6) is 5.75 Å². The van der Waals surface area contributed by atoms with Crippen LogP contribution in [0.1, 0.15) is 50.7 Å². The van der Waals surface area contributed by atoms with Gasteiger partial charge in [-0.2, -0.15) is 0 Å². The molecule has 0 aromatic heterocycles. The quantitative estimate of drug-likeness (QED) is 0.493. The van der Waals surface area contributed by atoms with Crippen molar-refractivity contribution < 1.29 is 22.7 Å². The third-order valence-electron chi connectivity index (χ3n) is 6.42. The average molecular weight is 516 g/mol. The van der Waals surface area contributed by atoms with Crippen molar-refractivity contribution in [2.75, 3.05) is 23.7 Å². The Labute approximate surface area is 214 Å². The van der Waals surface area contributed by atoms with E-state index in [-0.39, 0.29) is 18.5 Å². The van der Waals surface area contributed by atoms with Gasteiger partial charge in [-0.25, -0.2) is 8.42 Å². The number of sulfonamides is 1. The lowest BCUT2D eigenvalue weighted by molar-refractivity contribution is -0.139. The number of anilines is 1. The topological polar surface area (TPSA) is 96.0 Å². The molecule has 2 amide bonds. The Hall–Kier alpha value is -3.07. The maximum absolute atomic E-state index is 13.6. The van der Waals surface area contributed by atoms with Crippen LogP contribution >= 0.6 is 0 Å². The van der Waals surface area contributed by atoms with Crippen molar-refractivity contribution in [1.29, 1.82) is 0 Å². The zero-order valence-corrected chi connectivity index (χ0v) is 22.4. The second-order valence-corrected chi connectivity index (χ2v) is 11.3. The molecule has 1 aliphatic rings. The summed E-state index contributed by atoms with van der Waals surface area (Å²) in [5, 5.41) is 3.07. The molecule has 0 spiro atoms. The van der Waals surface area contributed by atoms with Crippen LogP contribution in [0.15, 0.2) is 48.5 Å². The zero-order valence-electron chi connectivity index (χ0n) is 21.6. The van der Waals surface area contributed by atoms with Crippen molar-refractivity contribution in [3.05, 3.63) is 59.7 Å². The predicted octanol–water partition coefficient (Wildman–Crippen LogP) is 3.64. The summed E-state index contributed by atoms with van der Waals surface area (Å²) in [6.07, 6.45) is 5.10. The number of hydrogen-bond acceptors (Lipinski definition) is 5. The molecule has 2 aromatic rings. The van der Waals surface area contributed by atoms with E-state index >= 15 is 0 Å². The molecule has 36 heavy (non-hydrogen) atoms. The van der Waals surface area contributed by atoms with Crippen molar-refractivity contribution >= 4 is 27.5 Å². The molecule has 9 heteroatoms. The van der Waals surface area contributed by atoms with Crippen LogP contribution < -0.4 is 14.4 Å². The van der Waals surface area contributed by atoms with Crippen molar-refractivity contribution in [1.82, 2.24) is 10.2 Å². The highest BCUT2D eigenvalue weighted by molar-refractivity contribution is 7.92. The third-order valence-corrected chi connectivity index (χ3v) is 7.56. The van der Waals surface area contributed by atoms with Gasteiger partial charge in [0.15, 0.2) is 0 Å². The van der Waals surface area contributed by atoms with Gasteiger partial charge in [-0.15, -0.1) is 0 Å². The molecular formula is C27H37N3O5S. The summed E-state index contributed by atoms with van der Waals surface area (Å²) >= 11 is 0. The fraction of sp³-hybridized carbons (Fsp3) is 0.481. The van der Waals surface area contributed by atoms with Gasteiger partial charge in [0.1, 0.15) is 18.3 Å². The Balaban J connectivity index is 1.86. The van der Waals surface area contributed by atoms with Crippen LogP contribution in [-0.2, 0) is 26.2 Å². The normalized spacial score (nSPS) is 14.8. The third kappa shape index (κ3) is 7.46. The molecule has 196 valence electrons. The molecule has 8 nitrogen and oxygen atoms in total. The maximum atomic E-state index is 13.6. The lowest BCUT2D eigenvalue weighted by Crippen LogP contribution is -2.52. The molecule has 1 atom stereocenters. The molecule has 0 unspecified atom stereocenters. The Morgan fingerprint density at radius 2 is 1.78 bits per heavy atom. The van der Waals surface area contributed by atoms with Crippen LogP contribution in [0.2, 0.25) is 0 Å². The van der Waals surface area contributed by atoms with Gasteiger partial charge in [-0.05, 0) is 63.4 Å². The highest BCUT2D eigenvalue weighted by atomic mass is 32.2. The van der Waals surface area contributed by atoms with E-state index in [9.17, 15) is 18.0 Å². The van der Waals surface area contributed by atoms with Crippen molar-refractivity contribution in [3.8, 4) is 5.75 Å². The van der Waals surface area contributed by atoms with Gasteiger partial charge in [-0.3, -0.25) is 13.9 Å². The average Bonchev–Trinajstić information content (AvgIpc) is 3.33. The number of ether oxygens (including phenoxy) is 1. The molecule has 0 heterocycles. The lowest BCUT2D eigenvalue weighted by atomic mass is 10.1. The number of hydrogen-bond donors (Lipinski definition) is 1. The van der Waals surface area contributed by atoms with Gasteiger partial charge in [0, 0.05) is 12.6 Å². The van der Waals surface area contributed by atoms with Gasteiger partial charge in [0.25, 0.3) is 0 Å². The minimum absolute atomic E-state index is 0.118. The molecule has 1 N–H and O–H groups in total. The number of carbonyl (C=O) groups is 2. The fourth-order valence-corrected chi connectivity index (χ4v) is 5.32. The van der Waals surface area contributed by atoms with E-state index < -0.39 is 28.5 Å². The molecular weight excluding hydrogens is 478 g/mol. The number of benzene rings is 2. The second kappa shape index (κ2) is 12.3. The summed E-state index contributed by atoms with van der Waals surface area (Å²) in [4.78, 5) is 28.2. The Morgan fingerprint density at radius 3 is 2.36 bits per heavy atom. The van der Waals surface area contributed by atoms with Gasteiger partial charge in [0.05, 0.1) is 18.6 Å². The Bertz CT molecular complexity index is 1140. The van der Waals surface area contributed by atoms with E-state index in [1.165, 1.54) is 4.90 Å². The fourth-order valence-electron chi connectivity index (χ4n) is 4.47. The number of nitrogens with zero attached hydrogens (tertiary/aromatic N) is 2. The largest absolute Gasteiger partial charge is 0.494 e. The summed E-state index contributed by atoms with van der Waals surface area (Å²) in [5.41, 5.74) is 2.26. The predicted molar refractivity (Wildman–Crippen MR) is 141 cm³/mol. The van der Waals surface area contributed by atoms with Gasteiger partial charge in [0.2, 0.25) is 21.8 Å². The number of rotatable bonds is 11. The van der Waals surface area contributed by atoms with E-state index in [4.69, 9.17) is 4.74 Å². The van der Waals surface area contributed by atoms with Gasteiger partial charge < -0.3 is 15.0 Å². The highest BCUT2D eigenvalue weighted by Gasteiger charge is 2.31. The molecule has 0 radical (unpaired) electrons. The van der Waals surface area contributed by atoms with E-state index in [1.807, 2.05) is 38.1 Å². The van der Waals surface area contributed by atoms with E-state index in [1.54, 1.807) is 31.2 Å². The molecule has 2 aromatic carbocycles. The SMILES string of the molecule is CCOc1ccc(N(CC(=O)N(Cc2cccc(C)c2)[C@H](C)C(=O)NC2CCCC2)S(C)(=O)=O)cc1. The molecule has 1 saturated carbocycles. The van der Waals surface area contributed by atoms with Crippen LogP contribution in [0.4, 0.5) is 5.69 Å². The number of amides is 2. The highest BCUT2D eigenvalue weighted by Crippen LogP contribution is 2.23. The van der Waals surface area contributed by atoms with E-state index in [0.29, 0.717) is 18.0 Å². The molecule has 1 aliphatic carbocycles. The first kappa shape index (κ1) is 27.5. The smallest absolute Gasteiger partial charge is 0.244 e. The van der Waals surface area contributed by atoms with Crippen molar-refractivity contribution in [2.45, 2.75) is 65.1 Å². The van der Waals surface area contributed by atoms with Gasteiger partial charge >= 0.3 is 0 Å². The van der Waals surface area contributed by atoms with E-state index in [0.717, 1.165) is 47.4 Å². The molecule has 0 aliphatic heterocycles. The van der Waals surface area contributed by atoms with Crippen LogP contribution in [-0.4, -0.2) is 56.6 Å². The number of aryl methyl sites for hydroxylation is 1. The number of carbonyl (C=O) groups excluding carboxylic acids is 2. The maximum Gasteiger partial charge on any atom is 0.244 e. The standard InChI is InChI=1S/C27H37N3O5S/c1-5-35-25-15-13-24(14-16-25)30(36(4,33)34)19-26(31)29(18-22-10-8-9-20(2)17-22)21(3)27(32)28-23-11-6-7-12-23/h8-10,13-17,21,23H,5-7,11-12,18-19H2,1-4H3,(H,28,32)/t21-/m1/s1. The van der Waals surface area contributed by atoms with Crippen LogP contribution in [0.3, 0.4) is 0 Å². The first-order chi connectivity index (χ1) is 17.1. The number of nitrogens with one attached hydrogen (secondary N) is 1. The monoisotopic (exact) mass is 515 g/mol. The van der Waals surface area contributed by atoms with Crippen LogP contribution in [0, 0.1) is 6.92 Å². The second-order valence-electron chi connectivity index (χ2n) is 9.37. The van der Waals surface area contributed by atoms with Gasteiger partial charge in [-0.1, -0.05) is 42.7 Å². The molecule has 1 fully saturated rings. The van der Waals surface area contributed by atoms with E-state index in [2.05, 4.69) is 5.32 Å². The summed E-state index contributed by atoms with van der Waals surface area (Å²) in [6, 6.07) is 13.6. The molecule has 0 saturated heterocycles. The molecule has 0 bridgehead atoms. The van der Waals surface area contributed by atoms with Crippen LogP contribution in [0.25, 0.3) is 0 Å². The lowest BCUT2D eigenvalue weighted by Gasteiger charge is -2.32. The minimum atomic E-state index is -3.77. The summed E-state index contributed by atoms with van der Waals surface area (Å²) in [6.45, 7) is 5.79. The first-order valence-electron chi connectivity index (χ1n) is 12.4. The zero-order chi connectivity index (χ0) is 26.3. The summed E-state index contributed by atoms with van der Waals surface area (Å²) in [5.74, 6) is -0.0703. The summed E-state index contributed by atoms with van der Waals surface area (Å²) < 4.78 is 31.9. The molecule has 3 rings (SSSR count).